The second-order valence-corrected chi connectivity index (χ2v) is 4.00. The van der Waals surface area contributed by atoms with Gasteiger partial charge in [0.05, 0.1) is 4.92 Å². The number of nitro benzene ring substituents is 1. The van der Waals surface area contributed by atoms with E-state index in [1.165, 1.54) is 0 Å². The van der Waals surface area contributed by atoms with E-state index < -0.39 is 10.7 Å². The summed E-state index contributed by atoms with van der Waals surface area (Å²) >= 11 is 0. The minimum Gasteiger partial charge on any atom is -0.477 e. The Hall–Kier alpha value is -2.18. The molecule has 0 radical (unpaired) electrons. The highest BCUT2D eigenvalue weighted by Crippen LogP contribution is 2.27. The smallest absolute Gasteiger partial charge is 0.311 e. The highest BCUT2D eigenvalue weighted by atomic mass is 19.1. The third-order valence-corrected chi connectivity index (χ3v) is 2.42. The lowest BCUT2D eigenvalue weighted by Crippen LogP contribution is -2.30. The van der Waals surface area contributed by atoms with Crippen LogP contribution in [0.1, 0.15) is 12.8 Å². The van der Waals surface area contributed by atoms with Gasteiger partial charge in [-0.2, -0.15) is 0 Å². The van der Waals surface area contributed by atoms with Crippen LogP contribution in [0.3, 0.4) is 0 Å². The van der Waals surface area contributed by atoms with Gasteiger partial charge in [0.1, 0.15) is 5.82 Å². The number of carbonyl (C=O) groups excluding carboxylic acids is 1. The number of ether oxygens (including phenoxy) is 1. The molecule has 96 valence electrons. The monoisotopic (exact) mass is 254 g/mol. The van der Waals surface area contributed by atoms with Crippen LogP contribution >= 0.6 is 0 Å². The number of nitrogens with one attached hydrogen (secondary N) is 1. The minimum absolute atomic E-state index is 0.184. The predicted molar refractivity (Wildman–Crippen MR) is 59.7 cm³/mol. The van der Waals surface area contributed by atoms with E-state index in [0.29, 0.717) is 0 Å². The largest absolute Gasteiger partial charge is 0.477 e. The van der Waals surface area contributed by atoms with Gasteiger partial charge in [-0.1, -0.05) is 0 Å². The van der Waals surface area contributed by atoms with Crippen molar-refractivity contribution >= 4 is 11.6 Å². The molecule has 0 spiro atoms. The molecule has 1 aromatic rings. The molecule has 6 nitrogen and oxygen atoms in total. The molecule has 0 bridgehead atoms. The Kier molecular flexibility index (Phi) is 3.40. The Morgan fingerprint density at radius 2 is 2.28 bits per heavy atom. The lowest BCUT2D eigenvalue weighted by Gasteiger charge is -2.07. The molecule has 1 aromatic carbocycles. The molecule has 1 aliphatic rings. The fraction of sp³-hybridized carbons (Fsp3) is 0.364. The van der Waals surface area contributed by atoms with Gasteiger partial charge in [0.25, 0.3) is 5.91 Å². The van der Waals surface area contributed by atoms with Crippen molar-refractivity contribution < 1.29 is 18.8 Å². The van der Waals surface area contributed by atoms with Crippen LogP contribution in [0.15, 0.2) is 18.2 Å². The van der Waals surface area contributed by atoms with Crippen LogP contribution in [0, 0.1) is 15.9 Å². The number of hydrogen-bond acceptors (Lipinski definition) is 4. The average molecular weight is 254 g/mol. The summed E-state index contributed by atoms with van der Waals surface area (Å²) in [4.78, 5) is 21.3. The van der Waals surface area contributed by atoms with Gasteiger partial charge in [0.15, 0.2) is 6.61 Å². The fourth-order valence-corrected chi connectivity index (χ4v) is 1.39. The Bertz CT molecular complexity index is 488. The molecule has 7 heteroatoms. The Morgan fingerprint density at radius 3 is 2.89 bits per heavy atom. The maximum atomic E-state index is 13.0. The lowest BCUT2D eigenvalue weighted by molar-refractivity contribution is -0.385. The van der Waals surface area contributed by atoms with Gasteiger partial charge >= 0.3 is 5.69 Å². The molecule has 0 unspecified atom stereocenters. The van der Waals surface area contributed by atoms with Crippen LogP contribution in [-0.4, -0.2) is 23.5 Å². The maximum absolute atomic E-state index is 13.0. The number of nitro groups is 1. The first-order valence-electron chi connectivity index (χ1n) is 5.42. The third-order valence-electron chi connectivity index (χ3n) is 2.42. The van der Waals surface area contributed by atoms with E-state index in [9.17, 15) is 19.3 Å². The quantitative estimate of drug-likeness (QED) is 0.636. The minimum atomic E-state index is -0.687. The molecule has 0 saturated heterocycles. The highest BCUT2D eigenvalue weighted by Gasteiger charge is 2.24. The number of hydrogen-bond donors (Lipinski definition) is 1. The summed E-state index contributed by atoms with van der Waals surface area (Å²) in [5.74, 6) is -1.26. The van der Waals surface area contributed by atoms with E-state index in [1.807, 2.05) is 0 Å². The van der Waals surface area contributed by atoms with Crippen LogP contribution < -0.4 is 10.1 Å². The van der Waals surface area contributed by atoms with Crippen molar-refractivity contribution in [3.05, 3.63) is 34.1 Å². The molecular formula is C11H11FN2O4. The fourth-order valence-electron chi connectivity index (χ4n) is 1.39. The number of benzene rings is 1. The summed E-state index contributed by atoms with van der Waals surface area (Å²) in [6, 6.07) is 3.05. The van der Waals surface area contributed by atoms with Gasteiger partial charge in [-0.25, -0.2) is 4.39 Å². The van der Waals surface area contributed by atoms with Crippen molar-refractivity contribution in [1.82, 2.24) is 5.32 Å². The zero-order valence-corrected chi connectivity index (χ0v) is 9.39. The SMILES string of the molecule is O=C(COc1cc(F)ccc1[N+](=O)[O-])NC1CC1. The molecule has 1 amide bonds. The summed E-state index contributed by atoms with van der Waals surface area (Å²) in [6.45, 7) is -0.360. The zero-order valence-electron chi connectivity index (χ0n) is 9.39. The summed E-state index contributed by atoms with van der Waals surface area (Å²) in [6.07, 6.45) is 1.87. The van der Waals surface area contributed by atoms with E-state index >= 15 is 0 Å². The first kappa shape index (κ1) is 12.3. The molecule has 1 aliphatic carbocycles. The number of halogens is 1. The number of carbonyl (C=O) groups is 1. The standard InChI is InChI=1S/C11H11FN2O4/c12-7-1-4-9(14(16)17)10(5-7)18-6-11(15)13-8-2-3-8/h1,4-5,8H,2-3,6H2,(H,13,15). The highest BCUT2D eigenvalue weighted by molar-refractivity contribution is 5.78. The molecule has 1 N–H and O–H groups in total. The molecular weight excluding hydrogens is 243 g/mol. The molecule has 1 fully saturated rings. The normalized spacial score (nSPS) is 14.1. The Morgan fingerprint density at radius 1 is 1.56 bits per heavy atom. The molecule has 0 aromatic heterocycles. The van der Waals surface area contributed by atoms with E-state index in [4.69, 9.17) is 4.74 Å². The Balaban J connectivity index is 2.00. The van der Waals surface area contributed by atoms with E-state index in [1.54, 1.807) is 0 Å². The summed E-state index contributed by atoms with van der Waals surface area (Å²) in [5, 5.41) is 13.3. The second-order valence-electron chi connectivity index (χ2n) is 4.00. The zero-order chi connectivity index (χ0) is 13.1. The molecule has 1 saturated carbocycles. The first-order valence-corrected chi connectivity index (χ1v) is 5.42. The summed E-state index contributed by atoms with van der Waals surface area (Å²) in [7, 11) is 0. The first-order chi connectivity index (χ1) is 8.56. The van der Waals surface area contributed by atoms with Gasteiger partial charge in [-0.05, 0) is 18.9 Å². The van der Waals surface area contributed by atoms with Crippen LogP contribution in [0.4, 0.5) is 10.1 Å². The van der Waals surface area contributed by atoms with Crippen LogP contribution in [0.25, 0.3) is 0 Å². The molecule has 18 heavy (non-hydrogen) atoms. The average Bonchev–Trinajstić information content (AvgIpc) is 3.10. The van der Waals surface area contributed by atoms with Gasteiger partial charge < -0.3 is 10.1 Å². The number of amides is 1. The molecule has 2 rings (SSSR count). The predicted octanol–water partition coefficient (Wildman–Crippen LogP) is 1.39. The summed E-state index contributed by atoms with van der Waals surface area (Å²) in [5.41, 5.74) is -0.365. The van der Waals surface area contributed by atoms with Crippen molar-refractivity contribution in [1.29, 1.82) is 0 Å². The van der Waals surface area contributed by atoms with Crippen LogP contribution in [0.5, 0.6) is 5.75 Å². The van der Waals surface area contributed by atoms with E-state index in [-0.39, 0.29) is 30.0 Å². The van der Waals surface area contributed by atoms with Crippen molar-refractivity contribution in [3.8, 4) is 5.75 Å². The van der Waals surface area contributed by atoms with Crippen molar-refractivity contribution in [2.45, 2.75) is 18.9 Å². The third kappa shape index (κ3) is 3.16. The van der Waals surface area contributed by atoms with E-state index in [0.717, 1.165) is 31.0 Å². The van der Waals surface area contributed by atoms with Gasteiger partial charge in [0, 0.05) is 18.2 Å². The molecule has 0 atom stereocenters. The van der Waals surface area contributed by atoms with Crippen LogP contribution in [0.2, 0.25) is 0 Å². The van der Waals surface area contributed by atoms with E-state index in [2.05, 4.69) is 5.32 Å². The maximum Gasteiger partial charge on any atom is 0.311 e. The van der Waals surface area contributed by atoms with Gasteiger partial charge in [-0.15, -0.1) is 0 Å². The molecule has 0 aliphatic heterocycles. The topological polar surface area (TPSA) is 81.5 Å². The summed E-state index contributed by atoms with van der Waals surface area (Å²) < 4.78 is 17.9. The Labute approximate surface area is 102 Å². The number of rotatable bonds is 5. The van der Waals surface area contributed by atoms with Crippen molar-refractivity contribution in [3.63, 3.8) is 0 Å². The molecule has 0 heterocycles. The lowest BCUT2D eigenvalue weighted by atomic mass is 10.3. The second kappa shape index (κ2) is 4.99. The van der Waals surface area contributed by atoms with Crippen molar-refractivity contribution in [2.75, 3.05) is 6.61 Å². The van der Waals surface area contributed by atoms with Crippen molar-refractivity contribution in [2.24, 2.45) is 0 Å². The van der Waals surface area contributed by atoms with Gasteiger partial charge in [0.2, 0.25) is 5.75 Å². The number of nitrogens with zero attached hydrogens (tertiary/aromatic N) is 1. The van der Waals surface area contributed by atoms with Crippen LogP contribution in [-0.2, 0) is 4.79 Å². The van der Waals surface area contributed by atoms with Gasteiger partial charge in [-0.3, -0.25) is 14.9 Å².